The Bertz CT molecular complexity index is 234. The fraction of sp³-hybridized carbons (Fsp3) is 1.00. The number of hydrogen-bond acceptors (Lipinski definition) is 2. The van der Waals surface area contributed by atoms with Crippen LogP contribution in [0.4, 0.5) is 0 Å². The summed E-state index contributed by atoms with van der Waals surface area (Å²) in [6.07, 6.45) is 12.8. The first kappa shape index (κ1) is 15.3. The Hall–Kier alpha value is -0.0800. The highest BCUT2D eigenvalue weighted by atomic mass is 15.2. The van der Waals surface area contributed by atoms with Crippen molar-refractivity contribution in [2.75, 3.05) is 26.2 Å². The van der Waals surface area contributed by atoms with Gasteiger partial charge in [-0.2, -0.15) is 0 Å². The molecule has 0 spiro atoms. The molecular weight excluding hydrogens is 232 g/mol. The number of hydrogen-bond donors (Lipinski definition) is 1. The van der Waals surface area contributed by atoms with Crippen LogP contribution in [0.15, 0.2) is 0 Å². The molecule has 1 saturated carbocycles. The van der Waals surface area contributed by atoms with Crippen LogP contribution in [0.2, 0.25) is 0 Å². The SMILES string of the molecule is CCCC1(CN(CC)C2CCCCC2)CCCNC1. The molecule has 112 valence electrons. The summed E-state index contributed by atoms with van der Waals surface area (Å²) < 4.78 is 0. The van der Waals surface area contributed by atoms with Crippen LogP contribution in [0, 0.1) is 5.41 Å². The molecule has 0 aromatic carbocycles. The first-order valence-corrected chi connectivity index (χ1v) is 8.74. The van der Waals surface area contributed by atoms with Gasteiger partial charge in [-0.15, -0.1) is 0 Å². The highest BCUT2D eigenvalue weighted by Gasteiger charge is 2.34. The smallest absolute Gasteiger partial charge is 0.00953 e. The summed E-state index contributed by atoms with van der Waals surface area (Å²) in [5, 5.41) is 3.67. The highest BCUT2D eigenvalue weighted by molar-refractivity contribution is 4.90. The normalized spacial score (nSPS) is 29.8. The van der Waals surface area contributed by atoms with E-state index in [0.29, 0.717) is 5.41 Å². The Morgan fingerprint density at radius 1 is 1.11 bits per heavy atom. The summed E-state index contributed by atoms with van der Waals surface area (Å²) in [6, 6.07) is 0.884. The average molecular weight is 266 g/mol. The summed E-state index contributed by atoms with van der Waals surface area (Å²) in [7, 11) is 0. The van der Waals surface area contributed by atoms with Crippen molar-refractivity contribution in [3.8, 4) is 0 Å². The summed E-state index contributed by atoms with van der Waals surface area (Å²) >= 11 is 0. The molecule has 1 aliphatic carbocycles. The molecule has 1 heterocycles. The number of rotatable bonds is 6. The minimum absolute atomic E-state index is 0.570. The number of piperidine rings is 1. The fourth-order valence-corrected chi connectivity index (χ4v) is 4.36. The third kappa shape index (κ3) is 4.19. The molecule has 1 aliphatic heterocycles. The molecule has 1 atom stereocenters. The van der Waals surface area contributed by atoms with E-state index in [1.165, 1.54) is 84.0 Å². The second kappa shape index (κ2) is 7.64. The van der Waals surface area contributed by atoms with Crippen molar-refractivity contribution >= 4 is 0 Å². The first-order valence-electron chi connectivity index (χ1n) is 8.74. The maximum Gasteiger partial charge on any atom is 0.00953 e. The quantitative estimate of drug-likeness (QED) is 0.786. The van der Waals surface area contributed by atoms with Crippen LogP contribution >= 0.6 is 0 Å². The van der Waals surface area contributed by atoms with Gasteiger partial charge in [0, 0.05) is 19.1 Å². The standard InChI is InChI=1S/C17H34N2/c1-3-11-17(12-8-13-18-14-17)15-19(4-2)16-9-6-5-7-10-16/h16,18H,3-15H2,1-2H3. The van der Waals surface area contributed by atoms with Crippen molar-refractivity contribution in [1.29, 1.82) is 0 Å². The van der Waals surface area contributed by atoms with Crippen LogP contribution in [-0.2, 0) is 0 Å². The molecule has 1 saturated heterocycles. The predicted octanol–water partition coefficient (Wildman–Crippen LogP) is 3.81. The molecule has 1 N–H and O–H groups in total. The van der Waals surface area contributed by atoms with E-state index in [4.69, 9.17) is 0 Å². The van der Waals surface area contributed by atoms with Gasteiger partial charge in [-0.25, -0.2) is 0 Å². The lowest BCUT2D eigenvalue weighted by Crippen LogP contribution is -2.50. The van der Waals surface area contributed by atoms with Gasteiger partial charge in [-0.3, -0.25) is 0 Å². The summed E-state index contributed by atoms with van der Waals surface area (Å²) in [5.74, 6) is 0. The van der Waals surface area contributed by atoms with E-state index in [2.05, 4.69) is 24.1 Å². The zero-order valence-corrected chi connectivity index (χ0v) is 13.2. The van der Waals surface area contributed by atoms with E-state index >= 15 is 0 Å². The van der Waals surface area contributed by atoms with E-state index in [1.807, 2.05) is 0 Å². The summed E-state index contributed by atoms with van der Waals surface area (Å²) in [4.78, 5) is 2.82. The zero-order chi connectivity index (χ0) is 13.6. The molecular formula is C17H34N2. The Morgan fingerprint density at radius 2 is 1.89 bits per heavy atom. The second-order valence-corrected chi connectivity index (χ2v) is 6.89. The van der Waals surface area contributed by atoms with Gasteiger partial charge in [-0.1, -0.05) is 39.5 Å². The molecule has 1 unspecified atom stereocenters. The van der Waals surface area contributed by atoms with Crippen LogP contribution in [0.5, 0.6) is 0 Å². The van der Waals surface area contributed by atoms with Crippen molar-refractivity contribution in [3.63, 3.8) is 0 Å². The molecule has 2 fully saturated rings. The Labute approximate surface area is 120 Å². The Balaban J connectivity index is 1.96. The van der Waals surface area contributed by atoms with Gasteiger partial charge in [0.2, 0.25) is 0 Å². The molecule has 2 aliphatic rings. The van der Waals surface area contributed by atoms with Crippen molar-refractivity contribution in [3.05, 3.63) is 0 Å². The van der Waals surface area contributed by atoms with Crippen molar-refractivity contribution in [2.45, 2.75) is 77.7 Å². The molecule has 19 heavy (non-hydrogen) atoms. The highest BCUT2D eigenvalue weighted by Crippen LogP contribution is 2.34. The van der Waals surface area contributed by atoms with Crippen LogP contribution in [-0.4, -0.2) is 37.1 Å². The van der Waals surface area contributed by atoms with Crippen LogP contribution in [0.25, 0.3) is 0 Å². The van der Waals surface area contributed by atoms with Crippen molar-refractivity contribution in [2.24, 2.45) is 5.41 Å². The summed E-state index contributed by atoms with van der Waals surface area (Å²) in [5.41, 5.74) is 0.570. The van der Waals surface area contributed by atoms with Gasteiger partial charge in [0.1, 0.15) is 0 Å². The van der Waals surface area contributed by atoms with Crippen molar-refractivity contribution in [1.82, 2.24) is 10.2 Å². The molecule has 0 radical (unpaired) electrons. The Morgan fingerprint density at radius 3 is 2.47 bits per heavy atom. The number of nitrogens with zero attached hydrogens (tertiary/aromatic N) is 1. The lowest BCUT2D eigenvalue weighted by Gasteiger charge is -2.44. The van der Waals surface area contributed by atoms with Gasteiger partial charge in [0.05, 0.1) is 0 Å². The van der Waals surface area contributed by atoms with E-state index in [-0.39, 0.29) is 0 Å². The zero-order valence-electron chi connectivity index (χ0n) is 13.2. The topological polar surface area (TPSA) is 15.3 Å². The predicted molar refractivity (Wildman–Crippen MR) is 83.6 cm³/mol. The van der Waals surface area contributed by atoms with Gasteiger partial charge >= 0.3 is 0 Å². The first-order chi connectivity index (χ1) is 9.29. The van der Waals surface area contributed by atoms with Gasteiger partial charge < -0.3 is 10.2 Å². The number of nitrogens with one attached hydrogen (secondary N) is 1. The van der Waals surface area contributed by atoms with Crippen LogP contribution < -0.4 is 5.32 Å². The minimum Gasteiger partial charge on any atom is -0.316 e. The lowest BCUT2D eigenvalue weighted by molar-refractivity contribution is 0.0670. The molecule has 2 nitrogen and oxygen atoms in total. The maximum atomic E-state index is 3.67. The molecule has 0 aromatic heterocycles. The van der Waals surface area contributed by atoms with E-state index < -0.39 is 0 Å². The van der Waals surface area contributed by atoms with Gasteiger partial charge in [-0.05, 0) is 50.6 Å². The third-order valence-electron chi connectivity index (χ3n) is 5.38. The molecule has 0 bridgehead atoms. The second-order valence-electron chi connectivity index (χ2n) is 6.89. The summed E-state index contributed by atoms with van der Waals surface area (Å²) in [6.45, 7) is 9.80. The Kier molecular flexibility index (Phi) is 6.15. The molecule has 0 amide bonds. The van der Waals surface area contributed by atoms with Crippen LogP contribution in [0.1, 0.15) is 71.6 Å². The van der Waals surface area contributed by atoms with Crippen molar-refractivity contribution < 1.29 is 0 Å². The molecule has 0 aromatic rings. The maximum absolute atomic E-state index is 3.67. The fourth-order valence-electron chi connectivity index (χ4n) is 4.36. The van der Waals surface area contributed by atoms with E-state index in [0.717, 1.165) is 6.04 Å². The van der Waals surface area contributed by atoms with Gasteiger partial charge in [0.15, 0.2) is 0 Å². The monoisotopic (exact) mass is 266 g/mol. The van der Waals surface area contributed by atoms with E-state index in [9.17, 15) is 0 Å². The lowest BCUT2D eigenvalue weighted by atomic mass is 9.76. The molecule has 2 rings (SSSR count). The third-order valence-corrected chi connectivity index (χ3v) is 5.38. The average Bonchev–Trinajstić information content (AvgIpc) is 2.47. The van der Waals surface area contributed by atoms with Crippen LogP contribution in [0.3, 0.4) is 0 Å². The minimum atomic E-state index is 0.570. The largest absolute Gasteiger partial charge is 0.316 e. The molecule has 2 heteroatoms. The van der Waals surface area contributed by atoms with E-state index in [1.54, 1.807) is 0 Å². The van der Waals surface area contributed by atoms with Gasteiger partial charge in [0.25, 0.3) is 0 Å².